The molecule has 18 heavy (non-hydrogen) atoms. The van der Waals surface area contributed by atoms with Crippen molar-refractivity contribution in [3.63, 3.8) is 0 Å². The Morgan fingerprint density at radius 2 is 2.06 bits per heavy atom. The molecule has 0 aliphatic heterocycles. The molecule has 0 aromatic heterocycles. The maximum atomic E-state index is 11.9. The Balaban J connectivity index is 2.17. The van der Waals surface area contributed by atoms with E-state index in [0.29, 0.717) is 6.61 Å². The minimum Gasteiger partial charge on any atom is -0.465 e. The smallest absolute Gasteiger partial charge is 0.316 e. The lowest BCUT2D eigenvalue weighted by Gasteiger charge is -2.15. The third-order valence-corrected chi connectivity index (χ3v) is 3.50. The molecule has 1 atom stereocenters. The number of hydrogen-bond acceptors (Lipinski definition) is 4. The number of aliphatic hydroxyl groups excluding tert-OH is 1. The molecule has 4 heteroatoms. The highest BCUT2D eigenvalue weighted by molar-refractivity contribution is 5.86. The number of carbonyl (C=O) groups excluding carboxylic acids is 1. The minimum atomic E-state index is -0.433. The molecule has 98 valence electrons. The number of nitrogens with two attached hydrogens (primary N) is 1. The summed E-state index contributed by atoms with van der Waals surface area (Å²) in [5.74, 6) is -0.135. The van der Waals surface area contributed by atoms with Crippen LogP contribution in [-0.2, 0) is 14.9 Å². The zero-order valence-electron chi connectivity index (χ0n) is 10.6. The summed E-state index contributed by atoms with van der Waals surface area (Å²) in [4.78, 5) is 11.9. The van der Waals surface area contributed by atoms with Crippen molar-refractivity contribution < 1.29 is 14.6 Å². The fourth-order valence-electron chi connectivity index (χ4n) is 2.16. The van der Waals surface area contributed by atoms with Crippen LogP contribution in [0.1, 0.15) is 36.9 Å². The molecule has 0 saturated heterocycles. The van der Waals surface area contributed by atoms with Crippen LogP contribution in [-0.4, -0.2) is 24.3 Å². The number of aliphatic hydroxyl groups is 1. The molecule has 0 unspecified atom stereocenters. The molecule has 1 aromatic carbocycles. The summed E-state index contributed by atoms with van der Waals surface area (Å²) in [6.45, 7) is 2.15. The lowest BCUT2D eigenvalue weighted by Crippen LogP contribution is -2.23. The highest BCUT2D eigenvalue weighted by atomic mass is 16.5. The number of hydrogen-bond donors (Lipinski definition) is 2. The van der Waals surface area contributed by atoms with Gasteiger partial charge >= 0.3 is 5.97 Å². The van der Waals surface area contributed by atoms with Crippen LogP contribution >= 0.6 is 0 Å². The van der Waals surface area contributed by atoms with Crippen molar-refractivity contribution in [2.75, 3.05) is 13.2 Å². The second-order valence-corrected chi connectivity index (χ2v) is 4.71. The van der Waals surface area contributed by atoms with Crippen LogP contribution in [0.4, 0.5) is 0 Å². The first-order valence-electron chi connectivity index (χ1n) is 6.28. The molecule has 1 aliphatic rings. The van der Waals surface area contributed by atoms with Gasteiger partial charge in [-0.1, -0.05) is 24.3 Å². The zero-order chi connectivity index (χ0) is 13.2. The van der Waals surface area contributed by atoms with Crippen molar-refractivity contribution >= 4 is 5.97 Å². The lowest BCUT2D eigenvalue weighted by molar-refractivity contribution is -0.146. The highest BCUT2D eigenvalue weighted by Crippen LogP contribution is 2.49. The van der Waals surface area contributed by atoms with Crippen molar-refractivity contribution in [2.45, 2.75) is 31.2 Å². The average molecular weight is 249 g/mol. The standard InChI is InChI=1S/C14H19NO3/c1-2-18-13(17)14(7-8-14)11-5-3-10(4-6-11)12(15)9-16/h3-6,12,16H,2,7-9,15H2,1H3/t12-/m1/s1. The predicted molar refractivity (Wildman–Crippen MR) is 68.0 cm³/mol. The molecule has 0 heterocycles. The van der Waals surface area contributed by atoms with E-state index in [1.165, 1.54) is 0 Å². The monoisotopic (exact) mass is 249 g/mol. The van der Waals surface area contributed by atoms with Crippen molar-refractivity contribution in [1.29, 1.82) is 0 Å². The van der Waals surface area contributed by atoms with Crippen LogP contribution < -0.4 is 5.73 Å². The molecule has 0 radical (unpaired) electrons. The van der Waals surface area contributed by atoms with E-state index in [1.807, 2.05) is 31.2 Å². The number of rotatable bonds is 5. The lowest BCUT2D eigenvalue weighted by atomic mass is 9.94. The average Bonchev–Trinajstić information content (AvgIpc) is 3.20. The third kappa shape index (κ3) is 2.26. The number of esters is 1. The van der Waals surface area contributed by atoms with E-state index in [4.69, 9.17) is 15.6 Å². The van der Waals surface area contributed by atoms with Gasteiger partial charge in [0.1, 0.15) is 0 Å². The second-order valence-electron chi connectivity index (χ2n) is 4.71. The van der Waals surface area contributed by atoms with Crippen LogP contribution in [0.3, 0.4) is 0 Å². The van der Waals surface area contributed by atoms with E-state index in [1.54, 1.807) is 0 Å². The molecule has 0 bridgehead atoms. The Kier molecular flexibility index (Phi) is 3.68. The normalized spacial score (nSPS) is 18.2. The summed E-state index contributed by atoms with van der Waals surface area (Å²) >= 11 is 0. The van der Waals surface area contributed by atoms with Crippen molar-refractivity contribution in [2.24, 2.45) is 5.73 Å². The summed E-state index contributed by atoms with van der Waals surface area (Å²) in [7, 11) is 0. The molecular weight excluding hydrogens is 230 g/mol. The maximum Gasteiger partial charge on any atom is 0.316 e. The summed E-state index contributed by atoms with van der Waals surface area (Å²) in [5.41, 5.74) is 7.16. The quantitative estimate of drug-likeness (QED) is 0.771. The van der Waals surface area contributed by atoms with Gasteiger partial charge in [0, 0.05) is 0 Å². The van der Waals surface area contributed by atoms with Crippen LogP contribution in [0, 0.1) is 0 Å². The molecule has 0 spiro atoms. The van der Waals surface area contributed by atoms with E-state index in [2.05, 4.69) is 0 Å². The zero-order valence-corrected chi connectivity index (χ0v) is 10.6. The second kappa shape index (κ2) is 5.08. The van der Waals surface area contributed by atoms with Crippen LogP contribution in [0.5, 0.6) is 0 Å². The van der Waals surface area contributed by atoms with Gasteiger partial charge in [0.15, 0.2) is 0 Å². The van der Waals surface area contributed by atoms with E-state index >= 15 is 0 Å². The number of ether oxygens (including phenoxy) is 1. The molecule has 1 aromatic rings. The first-order valence-corrected chi connectivity index (χ1v) is 6.28. The van der Waals surface area contributed by atoms with Gasteiger partial charge in [-0.3, -0.25) is 4.79 Å². The van der Waals surface area contributed by atoms with Crippen LogP contribution in [0.2, 0.25) is 0 Å². The van der Waals surface area contributed by atoms with Gasteiger partial charge in [0.25, 0.3) is 0 Å². The Morgan fingerprint density at radius 3 is 2.50 bits per heavy atom. The van der Waals surface area contributed by atoms with Crippen molar-refractivity contribution in [3.8, 4) is 0 Å². The van der Waals surface area contributed by atoms with Gasteiger partial charge < -0.3 is 15.6 Å². The van der Waals surface area contributed by atoms with Crippen molar-refractivity contribution in [3.05, 3.63) is 35.4 Å². The van der Waals surface area contributed by atoms with Crippen LogP contribution in [0.25, 0.3) is 0 Å². The van der Waals surface area contributed by atoms with Gasteiger partial charge in [0.2, 0.25) is 0 Å². The van der Waals surface area contributed by atoms with E-state index in [9.17, 15) is 4.79 Å². The number of carbonyl (C=O) groups is 1. The molecule has 1 saturated carbocycles. The molecular formula is C14H19NO3. The topological polar surface area (TPSA) is 72.5 Å². The van der Waals surface area contributed by atoms with Gasteiger partial charge in [-0.15, -0.1) is 0 Å². The largest absolute Gasteiger partial charge is 0.465 e. The Hall–Kier alpha value is -1.39. The van der Waals surface area contributed by atoms with Gasteiger partial charge in [0.05, 0.1) is 24.7 Å². The summed E-state index contributed by atoms with van der Waals surface area (Å²) < 4.78 is 5.12. The first kappa shape index (κ1) is 13.1. The summed E-state index contributed by atoms with van der Waals surface area (Å²) in [5, 5.41) is 8.99. The minimum absolute atomic E-state index is 0.0810. The Labute approximate surface area is 107 Å². The van der Waals surface area contributed by atoms with Crippen molar-refractivity contribution in [1.82, 2.24) is 0 Å². The fourth-order valence-corrected chi connectivity index (χ4v) is 2.16. The van der Waals surface area contributed by atoms with Gasteiger partial charge in [-0.25, -0.2) is 0 Å². The molecule has 3 N–H and O–H groups in total. The Bertz CT molecular complexity index is 423. The van der Waals surface area contributed by atoms with E-state index in [0.717, 1.165) is 24.0 Å². The van der Waals surface area contributed by atoms with E-state index < -0.39 is 5.41 Å². The predicted octanol–water partition coefficient (Wildman–Crippen LogP) is 1.27. The summed E-state index contributed by atoms with van der Waals surface area (Å²) in [6, 6.07) is 7.20. The molecule has 4 nitrogen and oxygen atoms in total. The highest BCUT2D eigenvalue weighted by Gasteiger charge is 2.52. The molecule has 0 amide bonds. The van der Waals surface area contributed by atoms with Gasteiger partial charge in [-0.2, -0.15) is 0 Å². The first-order chi connectivity index (χ1) is 8.64. The van der Waals surface area contributed by atoms with Gasteiger partial charge in [-0.05, 0) is 30.9 Å². The third-order valence-electron chi connectivity index (χ3n) is 3.50. The molecule has 2 rings (SSSR count). The fraction of sp³-hybridized carbons (Fsp3) is 0.500. The number of benzene rings is 1. The van der Waals surface area contributed by atoms with E-state index in [-0.39, 0.29) is 18.6 Å². The molecule has 1 fully saturated rings. The maximum absolute atomic E-state index is 11.9. The SMILES string of the molecule is CCOC(=O)C1(c2ccc([C@H](N)CO)cc2)CC1. The summed E-state index contributed by atoms with van der Waals surface area (Å²) in [6.07, 6.45) is 1.69. The van der Waals surface area contributed by atoms with Crippen LogP contribution in [0.15, 0.2) is 24.3 Å². The molecule has 1 aliphatic carbocycles. The Morgan fingerprint density at radius 1 is 1.44 bits per heavy atom.